The first-order valence-electron chi connectivity index (χ1n) is 10.4. The molecule has 6 rings (SSSR count). The zero-order valence-electron chi connectivity index (χ0n) is 17.1. The number of aliphatic hydroxyl groups excluding tert-OH is 2. The van der Waals surface area contributed by atoms with E-state index in [4.69, 9.17) is 9.72 Å². The predicted octanol–water partition coefficient (Wildman–Crippen LogP) is 1.91. The predicted molar refractivity (Wildman–Crippen MR) is 109 cm³/mol. The zero-order chi connectivity index (χ0) is 21.8. The Labute approximate surface area is 176 Å². The van der Waals surface area contributed by atoms with Crippen LogP contribution in [0, 0.1) is 12.7 Å². The summed E-state index contributed by atoms with van der Waals surface area (Å²) in [5.74, 6) is -0.378. The number of hydrogen-bond acceptors (Lipinski definition) is 6. The van der Waals surface area contributed by atoms with Crippen LogP contribution in [0.4, 0.5) is 4.39 Å². The molecular weight excluding hydrogens is 403 g/mol. The molecule has 2 unspecified atom stereocenters. The van der Waals surface area contributed by atoms with Gasteiger partial charge in [-0.1, -0.05) is 6.92 Å². The van der Waals surface area contributed by atoms with Crippen LogP contribution >= 0.6 is 0 Å². The number of benzene rings is 1. The molecule has 0 saturated carbocycles. The Morgan fingerprint density at radius 1 is 1.29 bits per heavy atom. The Bertz CT molecular complexity index is 1380. The number of pyridine rings is 2. The first kappa shape index (κ1) is 19.1. The molecule has 0 bridgehead atoms. The Morgan fingerprint density at radius 2 is 2.06 bits per heavy atom. The highest BCUT2D eigenvalue weighted by atomic mass is 19.1. The van der Waals surface area contributed by atoms with Gasteiger partial charge in [0.2, 0.25) is 0 Å². The van der Waals surface area contributed by atoms with Gasteiger partial charge in [-0.25, -0.2) is 9.37 Å². The van der Waals surface area contributed by atoms with Crippen molar-refractivity contribution < 1.29 is 24.4 Å². The monoisotopic (exact) mass is 424 g/mol. The fourth-order valence-corrected chi connectivity index (χ4v) is 5.46. The third-order valence-corrected chi connectivity index (χ3v) is 7.23. The summed E-state index contributed by atoms with van der Waals surface area (Å²) in [4.78, 5) is 18.0. The molecule has 4 heterocycles. The van der Waals surface area contributed by atoms with Crippen molar-refractivity contribution in [3.63, 3.8) is 0 Å². The number of aliphatic hydroxyl groups is 3. The normalized spacial score (nSPS) is 25.6. The van der Waals surface area contributed by atoms with Gasteiger partial charge in [-0.15, -0.1) is 0 Å². The van der Waals surface area contributed by atoms with Crippen molar-refractivity contribution >= 4 is 10.9 Å². The van der Waals surface area contributed by atoms with E-state index >= 15 is 0 Å². The van der Waals surface area contributed by atoms with Crippen LogP contribution in [0.15, 0.2) is 16.9 Å². The fraction of sp³-hybridized carbons (Fsp3) is 0.391. The molecule has 7 nitrogen and oxygen atoms in total. The molecule has 1 aliphatic carbocycles. The van der Waals surface area contributed by atoms with Crippen molar-refractivity contribution in [3.05, 3.63) is 61.7 Å². The second-order valence-corrected chi connectivity index (χ2v) is 8.68. The van der Waals surface area contributed by atoms with Gasteiger partial charge in [0.1, 0.15) is 11.4 Å². The van der Waals surface area contributed by atoms with Crippen LogP contribution in [0.5, 0.6) is 0 Å². The molecule has 3 atom stereocenters. The van der Waals surface area contributed by atoms with Crippen molar-refractivity contribution in [1.29, 1.82) is 0 Å². The number of ether oxygens (including phenoxy) is 1. The molecule has 0 spiro atoms. The lowest BCUT2D eigenvalue weighted by atomic mass is 9.85. The van der Waals surface area contributed by atoms with Crippen LogP contribution in [0.3, 0.4) is 0 Å². The van der Waals surface area contributed by atoms with Crippen LogP contribution in [0.2, 0.25) is 0 Å². The minimum absolute atomic E-state index is 0.103. The van der Waals surface area contributed by atoms with Crippen LogP contribution < -0.4 is 5.56 Å². The highest BCUT2D eigenvalue weighted by Crippen LogP contribution is 2.47. The van der Waals surface area contributed by atoms with Gasteiger partial charge in [0.15, 0.2) is 6.29 Å². The zero-order valence-corrected chi connectivity index (χ0v) is 17.1. The van der Waals surface area contributed by atoms with Gasteiger partial charge < -0.3 is 24.6 Å². The maximum Gasteiger partial charge on any atom is 0.257 e. The number of hydrogen-bond donors (Lipinski definition) is 3. The first-order chi connectivity index (χ1) is 14.8. The first-order valence-corrected chi connectivity index (χ1v) is 10.4. The minimum Gasteiger partial charge on any atom is -0.388 e. The number of rotatable bonds is 1. The van der Waals surface area contributed by atoms with E-state index in [9.17, 15) is 24.5 Å². The molecule has 0 radical (unpaired) electrons. The lowest BCUT2D eigenvalue weighted by Gasteiger charge is -2.37. The van der Waals surface area contributed by atoms with Gasteiger partial charge in [-0.2, -0.15) is 0 Å². The average Bonchev–Trinajstić information content (AvgIpc) is 3.28. The smallest absolute Gasteiger partial charge is 0.257 e. The summed E-state index contributed by atoms with van der Waals surface area (Å²) in [5, 5.41) is 32.9. The van der Waals surface area contributed by atoms with Gasteiger partial charge >= 0.3 is 0 Å². The van der Waals surface area contributed by atoms with Crippen molar-refractivity contribution in [2.75, 3.05) is 0 Å². The minimum atomic E-state index is -1.71. The lowest BCUT2D eigenvalue weighted by molar-refractivity contribution is -0.236. The highest BCUT2D eigenvalue weighted by Gasteiger charge is 2.45. The van der Waals surface area contributed by atoms with Crippen LogP contribution in [0.25, 0.3) is 22.3 Å². The van der Waals surface area contributed by atoms with Gasteiger partial charge in [0.05, 0.1) is 36.2 Å². The summed E-state index contributed by atoms with van der Waals surface area (Å²) < 4.78 is 21.4. The largest absolute Gasteiger partial charge is 0.388 e. The van der Waals surface area contributed by atoms with E-state index in [0.29, 0.717) is 45.6 Å². The molecule has 3 N–H and O–H groups in total. The van der Waals surface area contributed by atoms with Crippen LogP contribution in [0.1, 0.15) is 52.8 Å². The summed E-state index contributed by atoms with van der Waals surface area (Å²) in [5.41, 5.74) is 2.72. The van der Waals surface area contributed by atoms with E-state index < -0.39 is 18.0 Å². The topological polar surface area (TPSA) is 105 Å². The second-order valence-electron chi connectivity index (χ2n) is 8.68. The van der Waals surface area contributed by atoms with E-state index in [1.54, 1.807) is 24.5 Å². The van der Waals surface area contributed by atoms with Crippen molar-refractivity contribution in [3.8, 4) is 11.4 Å². The van der Waals surface area contributed by atoms with E-state index in [-0.39, 0.29) is 30.9 Å². The quantitative estimate of drug-likeness (QED) is 0.431. The molecule has 8 heteroatoms. The Kier molecular flexibility index (Phi) is 3.68. The SMILES string of the molecule is CC[C@]1(O)c2cc3n(c(=O)c2COC1O)Cc1c-3nc2cc(F)c(C)c3c2c1C(O)C3. The number of fused-ring (bicyclic) bond motifs is 5. The molecule has 31 heavy (non-hydrogen) atoms. The maximum absolute atomic E-state index is 14.5. The van der Waals surface area contributed by atoms with Gasteiger partial charge in [0, 0.05) is 34.6 Å². The second kappa shape index (κ2) is 5.98. The summed E-state index contributed by atoms with van der Waals surface area (Å²) in [7, 11) is 0. The molecule has 3 aromatic rings. The Morgan fingerprint density at radius 3 is 2.81 bits per heavy atom. The van der Waals surface area contributed by atoms with Crippen molar-refractivity contribution in [2.45, 2.75) is 57.8 Å². The third kappa shape index (κ3) is 2.20. The Balaban J connectivity index is 1.68. The molecule has 2 aliphatic heterocycles. The highest BCUT2D eigenvalue weighted by molar-refractivity contribution is 5.94. The Hall–Kier alpha value is -2.65. The summed E-state index contributed by atoms with van der Waals surface area (Å²) in [6, 6.07) is 3.05. The van der Waals surface area contributed by atoms with E-state index in [1.165, 1.54) is 6.07 Å². The number of halogens is 1. The van der Waals surface area contributed by atoms with E-state index in [1.807, 2.05) is 0 Å². The van der Waals surface area contributed by atoms with Crippen molar-refractivity contribution in [2.24, 2.45) is 0 Å². The molecule has 0 fully saturated rings. The number of aromatic nitrogens is 2. The van der Waals surface area contributed by atoms with E-state index in [2.05, 4.69) is 0 Å². The summed E-state index contributed by atoms with van der Waals surface area (Å²) in [6.07, 6.45) is -1.78. The molecule has 0 amide bonds. The van der Waals surface area contributed by atoms with Crippen molar-refractivity contribution in [1.82, 2.24) is 9.55 Å². The molecule has 2 aromatic heterocycles. The third-order valence-electron chi connectivity index (χ3n) is 7.23. The van der Waals surface area contributed by atoms with Gasteiger partial charge in [-0.3, -0.25) is 4.79 Å². The molecule has 3 aliphatic rings. The standard InChI is InChI=1S/C23H21FN2O5/c1-3-23(30)13-5-16-20-11(7-26(16)21(28)12(13)8-31-22(23)29)19-17(27)4-10-9(2)14(24)6-15(25-20)18(10)19/h5-6,17,22,27,29-30H,3-4,7-8H2,1-2H3/t17?,22?,23-/m0/s1. The average molecular weight is 424 g/mol. The molecule has 1 aromatic carbocycles. The van der Waals surface area contributed by atoms with Crippen LogP contribution in [-0.4, -0.2) is 31.2 Å². The molecule has 160 valence electrons. The summed E-state index contributed by atoms with van der Waals surface area (Å²) in [6.45, 7) is 3.53. The van der Waals surface area contributed by atoms with E-state index in [0.717, 1.165) is 16.5 Å². The number of nitrogens with zero attached hydrogens (tertiary/aromatic N) is 2. The maximum atomic E-state index is 14.5. The molecule has 0 saturated heterocycles. The van der Waals surface area contributed by atoms with Gasteiger partial charge in [-0.05, 0) is 36.1 Å². The van der Waals surface area contributed by atoms with Gasteiger partial charge in [0.25, 0.3) is 5.56 Å². The summed E-state index contributed by atoms with van der Waals surface area (Å²) >= 11 is 0. The van der Waals surface area contributed by atoms with Crippen LogP contribution in [-0.2, 0) is 29.9 Å². The molecular formula is C23H21FN2O5. The lowest BCUT2D eigenvalue weighted by Crippen LogP contribution is -2.47. The fourth-order valence-electron chi connectivity index (χ4n) is 5.46.